The summed E-state index contributed by atoms with van der Waals surface area (Å²) in [6.07, 6.45) is 4.86. The zero-order valence-corrected chi connectivity index (χ0v) is 16.8. The van der Waals surface area contributed by atoms with E-state index in [2.05, 4.69) is 29.5 Å². The maximum Gasteiger partial charge on any atom is 0.259 e. The molecule has 1 amide bonds. The maximum absolute atomic E-state index is 11.6. The van der Waals surface area contributed by atoms with E-state index >= 15 is 0 Å². The molecule has 1 unspecified atom stereocenters. The van der Waals surface area contributed by atoms with Crippen molar-refractivity contribution in [3.05, 3.63) is 29.8 Å². The van der Waals surface area contributed by atoms with Crippen molar-refractivity contribution < 1.29 is 9.53 Å². The quantitative estimate of drug-likeness (QED) is 0.382. The Labute approximate surface area is 158 Å². The first kappa shape index (κ1) is 21.8. The summed E-state index contributed by atoms with van der Waals surface area (Å²) in [6.45, 7) is 5.08. The number of nitrogens with one attached hydrogen (secondary N) is 2. The van der Waals surface area contributed by atoms with Crippen molar-refractivity contribution in [1.82, 2.24) is 15.5 Å². The molecule has 26 heavy (non-hydrogen) atoms. The van der Waals surface area contributed by atoms with Gasteiger partial charge in [0.2, 0.25) is 0 Å². The molecular formula is C20H34N4O2. The molecule has 2 N–H and O–H groups in total. The second-order valence-corrected chi connectivity index (χ2v) is 6.69. The molecule has 1 aromatic carbocycles. The van der Waals surface area contributed by atoms with Crippen molar-refractivity contribution >= 4 is 11.9 Å². The zero-order valence-electron chi connectivity index (χ0n) is 16.8. The Bertz CT molecular complexity index is 573. The molecule has 0 saturated carbocycles. The number of hydrogen-bond donors (Lipinski definition) is 2. The Morgan fingerprint density at radius 2 is 2.08 bits per heavy atom. The summed E-state index contributed by atoms with van der Waals surface area (Å²) >= 11 is 0. The van der Waals surface area contributed by atoms with Gasteiger partial charge in [0, 0.05) is 33.7 Å². The standard InChI is InChI=1S/C20H34N4O2/c1-6-7-8-10-16(2)23-20(21-3)22-14-17-11-9-12-18(13-17)26-15-19(25)24(4)5/h9,11-13,16H,6-8,10,14-15H2,1-5H3,(H2,21,22,23). The lowest BCUT2D eigenvalue weighted by molar-refractivity contribution is -0.130. The number of amides is 1. The van der Waals surface area contributed by atoms with Crippen LogP contribution in [0.1, 0.15) is 45.1 Å². The van der Waals surface area contributed by atoms with Crippen LogP contribution >= 0.6 is 0 Å². The second-order valence-electron chi connectivity index (χ2n) is 6.69. The first-order valence-corrected chi connectivity index (χ1v) is 9.35. The van der Waals surface area contributed by atoms with Crippen molar-refractivity contribution in [3.63, 3.8) is 0 Å². The average molecular weight is 363 g/mol. The van der Waals surface area contributed by atoms with Gasteiger partial charge < -0.3 is 20.3 Å². The van der Waals surface area contributed by atoms with Crippen molar-refractivity contribution in [3.8, 4) is 5.75 Å². The van der Waals surface area contributed by atoms with Crippen LogP contribution in [0.2, 0.25) is 0 Å². The number of unbranched alkanes of at least 4 members (excludes halogenated alkanes) is 2. The maximum atomic E-state index is 11.6. The minimum atomic E-state index is -0.0600. The van der Waals surface area contributed by atoms with Gasteiger partial charge in [0.1, 0.15) is 5.75 Å². The van der Waals surface area contributed by atoms with Crippen LogP contribution in [0.15, 0.2) is 29.3 Å². The van der Waals surface area contributed by atoms with Gasteiger partial charge in [0.05, 0.1) is 0 Å². The van der Waals surface area contributed by atoms with Crippen LogP contribution in [-0.4, -0.2) is 50.6 Å². The van der Waals surface area contributed by atoms with Crippen molar-refractivity contribution in [1.29, 1.82) is 0 Å². The van der Waals surface area contributed by atoms with E-state index in [1.165, 1.54) is 24.2 Å². The van der Waals surface area contributed by atoms with Crippen molar-refractivity contribution in [2.75, 3.05) is 27.7 Å². The Morgan fingerprint density at radius 3 is 2.73 bits per heavy atom. The van der Waals surface area contributed by atoms with Crippen LogP contribution in [0.3, 0.4) is 0 Å². The van der Waals surface area contributed by atoms with Crippen LogP contribution in [0.25, 0.3) is 0 Å². The molecule has 6 heteroatoms. The molecule has 0 aliphatic heterocycles. The number of guanidine groups is 1. The highest BCUT2D eigenvalue weighted by Gasteiger charge is 2.07. The third kappa shape index (κ3) is 8.74. The van der Waals surface area contributed by atoms with Gasteiger partial charge in [-0.25, -0.2) is 0 Å². The summed E-state index contributed by atoms with van der Waals surface area (Å²) in [6, 6.07) is 8.13. The normalized spacial score (nSPS) is 12.4. The fourth-order valence-corrected chi connectivity index (χ4v) is 2.41. The second kappa shape index (κ2) is 12.2. The fraction of sp³-hybridized carbons (Fsp3) is 0.600. The Balaban J connectivity index is 2.47. The third-order valence-electron chi connectivity index (χ3n) is 4.07. The molecule has 0 fully saturated rings. The van der Waals surface area contributed by atoms with Gasteiger partial charge in [-0.2, -0.15) is 0 Å². The van der Waals surface area contributed by atoms with Gasteiger partial charge in [0.15, 0.2) is 12.6 Å². The van der Waals surface area contributed by atoms with Crippen molar-refractivity contribution in [2.45, 2.75) is 52.1 Å². The van der Waals surface area contributed by atoms with Crippen molar-refractivity contribution in [2.24, 2.45) is 4.99 Å². The molecule has 0 aliphatic carbocycles. The van der Waals surface area contributed by atoms with E-state index < -0.39 is 0 Å². The zero-order chi connectivity index (χ0) is 19.4. The lowest BCUT2D eigenvalue weighted by Crippen LogP contribution is -2.41. The minimum absolute atomic E-state index is 0.0440. The number of ether oxygens (including phenoxy) is 1. The number of rotatable bonds is 10. The van der Waals surface area contributed by atoms with E-state index in [1.807, 2.05) is 24.3 Å². The first-order chi connectivity index (χ1) is 12.5. The fourth-order valence-electron chi connectivity index (χ4n) is 2.41. The highest BCUT2D eigenvalue weighted by molar-refractivity contribution is 5.80. The number of benzene rings is 1. The van der Waals surface area contributed by atoms with Crippen LogP contribution in [0, 0.1) is 0 Å². The number of aliphatic imine (C=N–C) groups is 1. The molecule has 1 aromatic rings. The van der Waals surface area contributed by atoms with E-state index in [-0.39, 0.29) is 12.5 Å². The summed E-state index contributed by atoms with van der Waals surface area (Å²) in [5, 5.41) is 6.75. The minimum Gasteiger partial charge on any atom is -0.484 e. The predicted octanol–water partition coefficient (Wildman–Crippen LogP) is 2.79. The van der Waals surface area contributed by atoms with E-state index in [0.717, 1.165) is 17.9 Å². The van der Waals surface area contributed by atoms with Crippen LogP contribution in [0.4, 0.5) is 0 Å². The number of nitrogens with zero attached hydrogens (tertiary/aromatic N) is 2. The topological polar surface area (TPSA) is 66.0 Å². The monoisotopic (exact) mass is 362 g/mol. The molecule has 1 rings (SSSR count). The molecule has 1 atom stereocenters. The Kier molecular flexibility index (Phi) is 10.2. The van der Waals surface area contributed by atoms with E-state index in [1.54, 1.807) is 21.1 Å². The summed E-state index contributed by atoms with van der Waals surface area (Å²) in [4.78, 5) is 17.4. The number of likely N-dealkylation sites (N-methyl/N-ethyl adjacent to an activating group) is 1. The van der Waals surface area contributed by atoms with Gasteiger partial charge in [0.25, 0.3) is 5.91 Å². The average Bonchev–Trinajstić information content (AvgIpc) is 2.63. The number of carbonyl (C=O) groups is 1. The van der Waals surface area contributed by atoms with Gasteiger partial charge >= 0.3 is 0 Å². The predicted molar refractivity (Wildman–Crippen MR) is 108 cm³/mol. The third-order valence-corrected chi connectivity index (χ3v) is 4.07. The summed E-state index contributed by atoms with van der Waals surface area (Å²) in [5.41, 5.74) is 1.07. The highest BCUT2D eigenvalue weighted by atomic mass is 16.5. The Morgan fingerprint density at radius 1 is 1.31 bits per heavy atom. The molecule has 0 spiro atoms. The lowest BCUT2D eigenvalue weighted by atomic mass is 10.1. The van der Waals surface area contributed by atoms with Gasteiger partial charge in [-0.15, -0.1) is 0 Å². The molecule has 0 saturated heterocycles. The summed E-state index contributed by atoms with van der Waals surface area (Å²) < 4.78 is 5.56. The lowest BCUT2D eigenvalue weighted by Gasteiger charge is -2.18. The molecule has 0 radical (unpaired) electrons. The molecule has 0 aromatic heterocycles. The van der Waals surface area contributed by atoms with E-state index in [0.29, 0.717) is 18.3 Å². The van der Waals surface area contributed by atoms with Gasteiger partial charge in [-0.1, -0.05) is 38.3 Å². The van der Waals surface area contributed by atoms with Gasteiger partial charge in [-0.3, -0.25) is 9.79 Å². The largest absolute Gasteiger partial charge is 0.484 e. The van der Waals surface area contributed by atoms with Crippen LogP contribution in [-0.2, 0) is 11.3 Å². The molecular weight excluding hydrogens is 328 g/mol. The highest BCUT2D eigenvalue weighted by Crippen LogP contribution is 2.13. The summed E-state index contributed by atoms with van der Waals surface area (Å²) in [5.74, 6) is 1.42. The first-order valence-electron chi connectivity index (χ1n) is 9.35. The summed E-state index contributed by atoms with van der Waals surface area (Å²) in [7, 11) is 5.21. The smallest absolute Gasteiger partial charge is 0.259 e. The van der Waals surface area contributed by atoms with E-state index in [4.69, 9.17) is 4.74 Å². The molecule has 0 aliphatic rings. The molecule has 0 heterocycles. The Hall–Kier alpha value is -2.24. The number of carbonyl (C=O) groups excluding carboxylic acids is 1. The van der Waals surface area contributed by atoms with Crippen LogP contribution in [0.5, 0.6) is 5.75 Å². The van der Waals surface area contributed by atoms with Gasteiger partial charge in [-0.05, 0) is 31.0 Å². The molecule has 0 bridgehead atoms. The van der Waals surface area contributed by atoms with Crippen LogP contribution < -0.4 is 15.4 Å². The number of hydrogen-bond acceptors (Lipinski definition) is 3. The molecule has 6 nitrogen and oxygen atoms in total. The van der Waals surface area contributed by atoms with E-state index in [9.17, 15) is 4.79 Å². The molecule has 146 valence electrons. The SMILES string of the molecule is CCCCCC(C)NC(=NC)NCc1cccc(OCC(=O)N(C)C)c1.